The maximum atomic E-state index is 12.9. The number of sulfonamides is 2. The number of amides is 4. The van der Waals surface area contributed by atoms with E-state index in [1.807, 2.05) is 11.6 Å². The van der Waals surface area contributed by atoms with E-state index >= 15 is 0 Å². The first kappa shape index (κ1) is 28.8. The Morgan fingerprint density at radius 2 is 1.38 bits per heavy atom. The van der Waals surface area contributed by atoms with Gasteiger partial charge in [-0.2, -0.15) is 0 Å². The third kappa shape index (κ3) is 6.15. The predicted molar refractivity (Wildman–Crippen MR) is 149 cm³/mol. The molecule has 3 aromatic rings. The van der Waals surface area contributed by atoms with Crippen LogP contribution in [0.15, 0.2) is 82.6 Å². The van der Waals surface area contributed by atoms with Gasteiger partial charge in [0, 0.05) is 17.8 Å². The van der Waals surface area contributed by atoms with Crippen LogP contribution in [-0.4, -0.2) is 34.7 Å². The Kier molecular flexibility index (Phi) is 7.98. The number of hydrogen-bond acceptors (Lipinski definition) is 7. The summed E-state index contributed by atoms with van der Waals surface area (Å²) in [5.74, 6) is -0.678. The molecule has 1 aliphatic heterocycles. The minimum absolute atomic E-state index is 0.0734. The summed E-state index contributed by atoms with van der Waals surface area (Å²) in [6.07, 6.45) is 1.08. The summed E-state index contributed by atoms with van der Waals surface area (Å²) in [7, 11) is -8.09. The topological polar surface area (TPSA) is 168 Å². The van der Waals surface area contributed by atoms with Crippen LogP contribution in [-0.2, 0) is 35.1 Å². The van der Waals surface area contributed by atoms with Crippen molar-refractivity contribution in [3.8, 4) is 0 Å². The van der Waals surface area contributed by atoms with Crippen molar-refractivity contribution in [1.29, 1.82) is 0 Å². The molecule has 40 heavy (non-hydrogen) atoms. The van der Waals surface area contributed by atoms with Crippen molar-refractivity contribution < 1.29 is 31.2 Å². The van der Waals surface area contributed by atoms with E-state index in [4.69, 9.17) is 0 Å². The number of aryl methyl sites for hydroxylation is 1. The molecule has 1 unspecified atom stereocenters. The van der Waals surface area contributed by atoms with E-state index in [1.54, 1.807) is 43.3 Å². The molecular weight excluding hydrogens is 556 g/mol. The minimum atomic E-state index is -4.09. The van der Waals surface area contributed by atoms with Gasteiger partial charge in [0.05, 0.1) is 15.2 Å². The highest BCUT2D eigenvalue weighted by Gasteiger charge is 2.42. The fourth-order valence-corrected chi connectivity index (χ4v) is 6.38. The van der Waals surface area contributed by atoms with Crippen molar-refractivity contribution in [2.24, 2.45) is 0 Å². The summed E-state index contributed by atoms with van der Waals surface area (Å²) in [6, 6.07) is 16.5. The molecule has 0 aromatic heterocycles. The monoisotopic (exact) mass is 584 g/mol. The fourth-order valence-electron chi connectivity index (χ4n) is 4.41. The number of urea groups is 1. The largest absolute Gasteiger partial charge is 0.333 e. The molecule has 210 valence electrons. The first-order valence-electron chi connectivity index (χ1n) is 12.3. The van der Waals surface area contributed by atoms with Crippen LogP contribution >= 0.6 is 0 Å². The molecule has 0 aliphatic carbocycles. The third-order valence-electron chi connectivity index (χ3n) is 6.74. The lowest BCUT2D eigenvalue weighted by Gasteiger charge is -2.35. The van der Waals surface area contributed by atoms with E-state index in [1.165, 1.54) is 36.4 Å². The van der Waals surface area contributed by atoms with Crippen LogP contribution < -0.4 is 20.1 Å². The lowest BCUT2D eigenvalue weighted by Crippen LogP contribution is -2.51. The van der Waals surface area contributed by atoms with Crippen LogP contribution in [0.4, 0.5) is 16.2 Å². The van der Waals surface area contributed by atoms with Crippen molar-refractivity contribution in [3.63, 3.8) is 0 Å². The van der Waals surface area contributed by atoms with Crippen molar-refractivity contribution in [1.82, 2.24) is 10.0 Å². The first-order valence-corrected chi connectivity index (χ1v) is 15.3. The number of benzene rings is 3. The SMILES string of the molecule is CCC1(c2ccc(NS(=O)(=O)c3ccc(NC(=O)NS(=O)(=O)c4ccc(C)cc4)cc3)cc2)CCC(=O)NC1=O. The summed E-state index contributed by atoms with van der Waals surface area (Å²) in [4.78, 5) is 36.3. The summed E-state index contributed by atoms with van der Waals surface area (Å²) in [5.41, 5.74) is 1.13. The van der Waals surface area contributed by atoms with Gasteiger partial charge in [-0.1, -0.05) is 36.8 Å². The Balaban J connectivity index is 1.41. The smallest absolute Gasteiger partial charge is 0.307 e. The number of imide groups is 1. The number of hydrogen-bond donors (Lipinski definition) is 4. The maximum Gasteiger partial charge on any atom is 0.333 e. The Morgan fingerprint density at radius 1 is 0.825 bits per heavy atom. The van der Waals surface area contributed by atoms with Gasteiger partial charge in [0.2, 0.25) is 11.8 Å². The molecule has 0 spiro atoms. The van der Waals surface area contributed by atoms with Crippen LogP contribution in [0.3, 0.4) is 0 Å². The van der Waals surface area contributed by atoms with Crippen molar-refractivity contribution in [3.05, 3.63) is 83.9 Å². The minimum Gasteiger partial charge on any atom is -0.307 e. The van der Waals surface area contributed by atoms with E-state index in [2.05, 4.69) is 15.4 Å². The van der Waals surface area contributed by atoms with Gasteiger partial charge in [-0.15, -0.1) is 0 Å². The highest BCUT2D eigenvalue weighted by Crippen LogP contribution is 2.36. The second-order valence-electron chi connectivity index (χ2n) is 9.39. The fraction of sp³-hybridized carbons (Fsp3) is 0.222. The van der Waals surface area contributed by atoms with E-state index < -0.39 is 31.5 Å². The van der Waals surface area contributed by atoms with Gasteiger partial charge in [0.25, 0.3) is 20.0 Å². The number of nitrogens with one attached hydrogen (secondary N) is 4. The average Bonchev–Trinajstić information content (AvgIpc) is 2.90. The zero-order chi connectivity index (χ0) is 29.1. The molecule has 13 heteroatoms. The van der Waals surface area contributed by atoms with Crippen LogP contribution in [0.1, 0.15) is 37.3 Å². The molecule has 4 rings (SSSR count). The Labute approximate surface area is 232 Å². The molecule has 4 amide bonds. The molecule has 0 radical (unpaired) electrons. The standard InChI is InChI=1S/C27H28N4O7S2/c1-3-27(17-16-24(32)29-25(27)33)19-6-8-21(9-7-19)30-39(35,36)23-14-10-20(11-15-23)28-26(34)31-40(37,38)22-12-4-18(2)5-13-22/h4-15,30H,3,16-17H2,1-2H3,(H2,28,31,34)(H,29,32,33). The van der Waals surface area contributed by atoms with Gasteiger partial charge in [0.15, 0.2) is 0 Å². The molecule has 1 fully saturated rings. The summed E-state index contributed by atoms with van der Waals surface area (Å²) >= 11 is 0. The van der Waals surface area contributed by atoms with Crippen LogP contribution in [0.2, 0.25) is 0 Å². The van der Waals surface area contributed by atoms with Crippen LogP contribution in [0.5, 0.6) is 0 Å². The van der Waals surface area contributed by atoms with E-state index in [0.717, 1.165) is 5.56 Å². The summed E-state index contributed by atoms with van der Waals surface area (Å²) < 4.78 is 55.0. The molecule has 1 heterocycles. The van der Waals surface area contributed by atoms with Crippen molar-refractivity contribution >= 4 is 49.3 Å². The molecule has 1 aliphatic rings. The number of rotatable bonds is 8. The highest BCUT2D eigenvalue weighted by molar-refractivity contribution is 7.92. The normalized spacial score (nSPS) is 17.6. The van der Waals surface area contributed by atoms with Crippen LogP contribution in [0, 0.1) is 6.92 Å². The molecule has 3 aromatic carbocycles. The lowest BCUT2D eigenvalue weighted by molar-refractivity contribution is -0.138. The number of piperidine rings is 1. The van der Waals surface area contributed by atoms with E-state index in [0.29, 0.717) is 18.4 Å². The Bertz CT molecular complexity index is 1650. The van der Waals surface area contributed by atoms with Gasteiger partial charge >= 0.3 is 6.03 Å². The molecule has 11 nitrogen and oxygen atoms in total. The lowest BCUT2D eigenvalue weighted by atomic mass is 9.72. The molecule has 1 atom stereocenters. The quantitative estimate of drug-likeness (QED) is 0.294. The van der Waals surface area contributed by atoms with E-state index in [-0.39, 0.29) is 39.4 Å². The second kappa shape index (κ2) is 11.1. The van der Waals surface area contributed by atoms with Gasteiger partial charge in [-0.3, -0.25) is 19.6 Å². The van der Waals surface area contributed by atoms with Crippen LogP contribution in [0.25, 0.3) is 0 Å². The second-order valence-corrected chi connectivity index (χ2v) is 12.8. The van der Waals surface area contributed by atoms with Gasteiger partial charge in [-0.25, -0.2) is 26.4 Å². The number of anilines is 2. The summed E-state index contributed by atoms with van der Waals surface area (Å²) in [5, 5.41) is 4.74. The molecule has 0 bridgehead atoms. The number of carbonyl (C=O) groups is 3. The highest BCUT2D eigenvalue weighted by atomic mass is 32.2. The molecular formula is C27H28N4O7S2. The zero-order valence-electron chi connectivity index (χ0n) is 21.7. The zero-order valence-corrected chi connectivity index (χ0v) is 23.4. The van der Waals surface area contributed by atoms with Crippen molar-refractivity contribution in [2.45, 2.75) is 48.3 Å². The molecule has 1 saturated heterocycles. The van der Waals surface area contributed by atoms with Gasteiger partial charge < -0.3 is 5.32 Å². The average molecular weight is 585 g/mol. The Hall–Kier alpha value is -4.23. The molecule has 4 N–H and O–H groups in total. The van der Waals surface area contributed by atoms with Crippen molar-refractivity contribution in [2.75, 3.05) is 10.0 Å². The third-order valence-corrected chi connectivity index (χ3v) is 9.48. The maximum absolute atomic E-state index is 12.9. The van der Waals surface area contributed by atoms with Gasteiger partial charge in [0.1, 0.15) is 0 Å². The Morgan fingerprint density at radius 3 is 1.95 bits per heavy atom. The summed E-state index contributed by atoms with van der Waals surface area (Å²) in [6.45, 7) is 3.66. The first-order chi connectivity index (χ1) is 18.8. The van der Waals surface area contributed by atoms with E-state index in [9.17, 15) is 31.2 Å². The number of carbonyl (C=O) groups excluding carboxylic acids is 3. The van der Waals surface area contributed by atoms with Gasteiger partial charge in [-0.05, 0) is 73.9 Å². The molecule has 0 saturated carbocycles. The predicted octanol–water partition coefficient (Wildman–Crippen LogP) is 3.39.